The van der Waals surface area contributed by atoms with Crippen LogP contribution in [0.1, 0.15) is 12.0 Å². The second-order valence-corrected chi connectivity index (χ2v) is 5.85. The Balaban J connectivity index is 1.95. The van der Waals surface area contributed by atoms with Gasteiger partial charge in [0.1, 0.15) is 0 Å². The van der Waals surface area contributed by atoms with E-state index in [2.05, 4.69) is 17.1 Å². The average Bonchev–Trinajstić information content (AvgIpc) is 2.45. The Bertz CT molecular complexity index is 677. The maximum Gasteiger partial charge on any atom is 0.201 e. The molecule has 1 heterocycles. The van der Waals surface area contributed by atoms with Crippen molar-refractivity contribution >= 4 is 40.5 Å². The van der Waals surface area contributed by atoms with Crippen LogP contribution in [0, 0.1) is 0 Å². The van der Waals surface area contributed by atoms with Crippen molar-refractivity contribution in [2.24, 2.45) is 10.7 Å². The van der Waals surface area contributed by atoms with Gasteiger partial charge in [0.15, 0.2) is 0 Å². The number of rotatable bonds is 1. The Morgan fingerprint density at radius 3 is 2.57 bits per heavy atom. The second-order valence-electron chi connectivity index (χ2n) is 4.98. The number of hydrogen-bond acceptors (Lipinski definition) is 1. The van der Waals surface area contributed by atoms with Gasteiger partial charge in [-0.3, -0.25) is 0 Å². The fraction of sp³-hybridized carbons (Fsp3) is 0.188. The number of nitrogens with zero attached hydrogens (tertiary/aromatic N) is 2. The quantitative estimate of drug-likeness (QED) is 0.625. The number of aliphatic imine (C=N–C) groups is 1. The molecule has 2 aromatic rings. The van der Waals surface area contributed by atoms with Gasteiger partial charge < -0.3 is 10.6 Å². The molecule has 21 heavy (non-hydrogen) atoms. The van der Waals surface area contributed by atoms with Crippen molar-refractivity contribution in [2.45, 2.75) is 12.8 Å². The van der Waals surface area contributed by atoms with E-state index in [0.717, 1.165) is 25.1 Å². The first-order valence-corrected chi connectivity index (χ1v) is 7.55. The van der Waals surface area contributed by atoms with Crippen molar-refractivity contribution in [1.82, 2.24) is 0 Å². The van der Waals surface area contributed by atoms with E-state index in [0.29, 0.717) is 21.7 Å². The summed E-state index contributed by atoms with van der Waals surface area (Å²) >= 11 is 12.0. The Labute approximate surface area is 134 Å². The van der Waals surface area contributed by atoms with Gasteiger partial charge in [0.05, 0.1) is 5.69 Å². The highest BCUT2D eigenvalue weighted by Gasteiger charge is 2.18. The first-order chi connectivity index (χ1) is 10.1. The summed E-state index contributed by atoms with van der Waals surface area (Å²) < 4.78 is 0. The minimum atomic E-state index is 0.459. The smallest absolute Gasteiger partial charge is 0.201 e. The predicted molar refractivity (Wildman–Crippen MR) is 89.9 cm³/mol. The largest absolute Gasteiger partial charge is 0.369 e. The number of nitrogens with two attached hydrogens (primary N) is 1. The normalized spacial score (nSPS) is 15.0. The molecule has 0 amide bonds. The fourth-order valence-electron chi connectivity index (χ4n) is 2.57. The molecule has 0 fully saturated rings. The fourth-order valence-corrected chi connectivity index (χ4v) is 3.08. The predicted octanol–water partition coefficient (Wildman–Crippen LogP) is 4.39. The highest BCUT2D eigenvalue weighted by molar-refractivity contribution is 6.35. The highest BCUT2D eigenvalue weighted by Crippen LogP contribution is 2.28. The summed E-state index contributed by atoms with van der Waals surface area (Å²) in [6.07, 6.45) is 2.13. The van der Waals surface area contributed by atoms with E-state index >= 15 is 0 Å². The molecule has 0 spiro atoms. The first-order valence-electron chi connectivity index (χ1n) is 6.79. The minimum Gasteiger partial charge on any atom is -0.369 e. The SMILES string of the molecule is NC(=Nc1cc(Cl)cc(Cl)c1)N1CCCc2ccccc21. The standard InChI is InChI=1S/C16H15Cl2N3/c17-12-8-13(18)10-14(9-12)20-16(19)21-7-3-5-11-4-1-2-6-15(11)21/h1-2,4,6,8-10H,3,5,7H2,(H2,19,20). The molecular weight excluding hydrogens is 305 g/mol. The lowest BCUT2D eigenvalue weighted by Gasteiger charge is -2.30. The van der Waals surface area contributed by atoms with Crippen molar-refractivity contribution in [1.29, 1.82) is 0 Å². The monoisotopic (exact) mass is 319 g/mol. The number of para-hydroxylation sites is 1. The van der Waals surface area contributed by atoms with Crippen molar-refractivity contribution in [3.8, 4) is 0 Å². The van der Waals surface area contributed by atoms with Crippen LogP contribution in [0.2, 0.25) is 10.0 Å². The average molecular weight is 320 g/mol. The molecule has 3 rings (SSSR count). The third-order valence-electron chi connectivity index (χ3n) is 3.48. The number of hydrogen-bond donors (Lipinski definition) is 1. The molecule has 0 saturated carbocycles. The summed E-state index contributed by atoms with van der Waals surface area (Å²) in [7, 11) is 0. The summed E-state index contributed by atoms with van der Waals surface area (Å²) in [5.41, 5.74) is 9.27. The van der Waals surface area contributed by atoms with E-state index < -0.39 is 0 Å². The Morgan fingerprint density at radius 1 is 1.10 bits per heavy atom. The van der Waals surface area contributed by atoms with Crippen LogP contribution in [-0.2, 0) is 6.42 Å². The number of benzene rings is 2. The van der Waals surface area contributed by atoms with Crippen molar-refractivity contribution in [3.63, 3.8) is 0 Å². The van der Waals surface area contributed by atoms with Gasteiger partial charge in [-0.1, -0.05) is 41.4 Å². The zero-order valence-electron chi connectivity index (χ0n) is 11.4. The number of guanidine groups is 1. The van der Waals surface area contributed by atoms with Gasteiger partial charge in [-0.15, -0.1) is 0 Å². The Hall–Kier alpha value is -1.71. The maximum atomic E-state index is 6.19. The van der Waals surface area contributed by atoms with E-state index in [4.69, 9.17) is 28.9 Å². The van der Waals surface area contributed by atoms with Gasteiger partial charge in [0.25, 0.3) is 0 Å². The van der Waals surface area contributed by atoms with Crippen LogP contribution in [0.4, 0.5) is 11.4 Å². The minimum absolute atomic E-state index is 0.459. The molecule has 0 atom stereocenters. The lowest BCUT2D eigenvalue weighted by Crippen LogP contribution is -2.40. The lowest BCUT2D eigenvalue weighted by atomic mass is 10.0. The number of halogens is 2. The van der Waals surface area contributed by atoms with Crippen LogP contribution in [-0.4, -0.2) is 12.5 Å². The molecule has 2 N–H and O–H groups in total. The summed E-state index contributed by atoms with van der Waals surface area (Å²) in [4.78, 5) is 6.49. The molecule has 3 nitrogen and oxygen atoms in total. The molecule has 0 saturated heterocycles. The van der Waals surface area contributed by atoms with Crippen LogP contribution >= 0.6 is 23.2 Å². The summed E-state index contributed by atoms with van der Waals surface area (Å²) in [6, 6.07) is 13.4. The summed E-state index contributed by atoms with van der Waals surface area (Å²) in [5.74, 6) is 0.459. The van der Waals surface area contributed by atoms with Gasteiger partial charge in [0.2, 0.25) is 5.96 Å². The molecule has 0 unspecified atom stereocenters. The van der Waals surface area contributed by atoms with Crippen LogP contribution in [0.5, 0.6) is 0 Å². The molecule has 0 radical (unpaired) electrons. The van der Waals surface area contributed by atoms with Crippen LogP contribution in [0.15, 0.2) is 47.5 Å². The molecule has 0 bridgehead atoms. The van der Waals surface area contributed by atoms with Gasteiger partial charge >= 0.3 is 0 Å². The Kier molecular flexibility index (Phi) is 4.04. The van der Waals surface area contributed by atoms with Crippen LogP contribution in [0.25, 0.3) is 0 Å². The third kappa shape index (κ3) is 3.14. The van der Waals surface area contributed by atoms with Gasteiger partial charge in [0, 0.05) is 22.3 Å². The van der Waals surface area contributed by atoms with Crippen molar-refractivity contribution in [3.05, 3.63) is 58.1 Å². The number of aryl methyl sites for hydroxylation is 1. The van der Waals surface area contributed by atoms with E-state index in [1.807, 2.05) is 17.0 Å². The zero-order chi connectivity index (χ0) is 14.8. The number of fused-ring (bicyclic) bond motifs is 1. The summed E-state index contributed by atoms with van der Waals surface area (Å²) in [5, 5.41) is 1.10. The van der Waals surface area contributed by atoms with Crippen molar-refractivity contribution < 1.29 is 0 Å². The summed E-state index contributed by atoms with van der Waals surface area (Å²) in [6.45, 7) is 0.862. The van der Waals surface area contributed by atoms with Crippen LogP contribution < -0.4 is 10.6 Å². The molecule has 1 aliphatic rings. The van der Waals surface area contributed by atoms with E-state index in [1.54, 1.807) is 18.2 Å². The molecule has 5 heteroatoms. The second kappa shape index (κ2) is 5.96. The maximum absolute atomic E-state index is 6.19. The molecular formula is C16H15Cl2N3. The van der Waals surface area contributed by atoms with Gasteiger partial charge in [-0.25, -0.2) is 4.99 Å². The van der Waals surface area contributed by atoms with E-state index in [-0.39, 0.29) is 0 Å². The van der Waals surface area contributed by atoms with E-state index in [1.165, 1.54) is 5.56 Å². The molecule has 2 aromatic carbocycles. The first kappa shape index (κ1) is 14.2. The molecule has 108 valence electrons. The molecule has 0 aromatic heterocycles. The topological polar surface area (TPSA) is 41.6 Å². The zero-order valence-corrected chi connectivity index (χ0v) is 12.9. The highest BCUT2D eigenvalue weighted by atomic mass is 35.5. The third-order valence-corrected chi connectivity index (χ3v) is 3.91. The van der Waals surface area contributed by atoms with Gasteiger partial charge in [-0.2, -0.15) is 0 Å². The number of anilines is 1. The van der Waals surface area contributed by atoms with Gasteiger partial charge in [-0.05, 0) is 42.7 Å². The lowest BCUT2D eigenvalue weighted by molar-refractivity contribution is 0.775. The Morgan fingerprint density at radius 2 is 1.81 bits per heavy atom. The van der Waals surface area contributed by atoms with Crippen LogP contribution in [0.3, 0.4) is 0 Å². The molecule has 1 aliphatic heterocycles. The van der Waals surface area contributed by atoms with E-state index in [9.17, 15) is 0 Å². The molecule has 0 aliphatic carbocycles. The van der Waals surface area contributed by atoms with Crippen molar-refractivity contribution in [2.75, 3.05) is 11.4 Å².